The first-order chi connectivity index (χ1) is 13.9. The first-order valence-electron chi connectivity index (χ1n) is 11.2. The lowest BCUT2D eigenvalue weighted by Crippen LogP contribution is -2.45. The molecule has 0 spiro atoms. The number of carbonyl (C=O) groups excluding carboxylic acids is 1. The van der Waals surface area contributed by atoms with Crippen LogP contribution >= 0.6 is 0 Å². The summed E-state index contributed by atoms with van der Waals surface area (Å²) in [5, 5.41) is 19.3. The lowest BCUT2D eigenvalue weighted by Gasteiger charge is -2.38. The van der Waals surface area contributed by atoms with Crippen LogP contribution in [0.4, 0.5) is 0 Å². The molecule has 158 valence electrons. The number of aliphatic hydroxyl groups is 1. The van der Waals surface area contributed by atoms with Gasteiger partial charge in [-0.05, 0) is 75.8 Å². The quantitative estimate of drug-likeness (QED) is 0.811. The monoisotopic (exact) mass is 400 g/mol. The number of hydrogen-bond donors (Lipinski definition) is 2. The third kappa shape index (κ3) is 4.63. The highest BCUT2D eigenvalue weighted by Crippen LogP contribution is 2.36. The first kappa shape index (κ1) is 20.3. The molecule has 1 saturated carbocycles. The summed E-state index contributed by atoms with van der Waals surface area (Å²) in [4.78, 5) is 30.8. The predicted octanol–water partition coefficient (Wildman–Crippen LogP) is 3.06. The average Bonchev–Trinajstić information content (AvgIpc) is 2.73. The van der Waals surface area contributed by atoms with Gasteiger partial charge in [-0.1, -0.05) is 6.07 Å². The number of carboxylic acids is 1. The zero-order valence-corrected chi connectivity index (χ0v) is 17.1. The predicted molar refractivity (Wildman–Crippen MR) is 109 cm³/mol. The van der Waals surface area contributed by atoms with Crippen LogP contribution in [0.5, 0.6) is 0 Å². The van der Waals surface area contributed by atoms with Crippen LogP contribution in [-0.4, -0.2) is 50.7 Å². The molecule has 0 atom stereocenters. The minimum Gasteiger partial charge on any atom is -0.481 e. The second-order valence-electron chi connectivity index (χ2n) is 9.22. The van der Waals surface area contributed by atoms with Crippen LogP contribution in [-0.2, 0) is 22.4 Å². The van der Waals surface area contributed by atoms with E-state index in [0.29, 0.717) is 31.6 Å². The molecule has 6 nitrogen and oxygen atoms in total. The molecule has 1 amide bonds. The number of hydrogen-bond acceptors (Lipinski definition) is 4. The molecule has 1 aliphatic heterocycles. The first-order valence-corrected chi connectivity index (χ1v) is 11.2. The Morgan fingerprint density at radius 1 is 1.07 bits per heavy atom. The molecule has 29 heavy (non-hydrogen) atoms. The number of amides is 1. The number of carbonyl (C=O) groups is 2. The minimum absolute atomic E-state index is 0.0810. The van der Waals surface area contributed by atoms with Crippen LogP contribution in [0, 0.1) is 5.92 Å². The standard InChI is InChI=1S/C23H32N2O4/c26-21(27)15-23(29)11-7-18(8-12-23)22(28)25-13-9-17(10-14-25)20-6-5-16-3-1-2-4-19(16)24-20/h5-6,17-18,29H,1-4,7-15H2,(H,26,27). The number of likely N-dealkylation sites (tertiary alicyclic amines) is 1. The number of pyridine rings is 1. The van der Waals surface area contributed by atoms with Crippen LogP contribution in [0.25, 0.3) is 0 Å². The molecule has 1 aromatic heterocycles. The Balaban J connectivity index is 1.30. The van der Waals surface area contributed by atoms with Crippen molar-refractivity contribution in [1.29, 1.82) is 0 Å². The normalized spacial score (nSPS) is 28.0. The molecule has 6 heteroatoms. The van der Waals surface area contributed by atoms with Crippen LogP contribution in [0.3, 0.4) is 0 Å². The summed E-state index contributed by atoms with van der Waals surface area (Å²) in [7, 11) is 0. The number of nitrogens with zero attached hydrogens (tertiary/aromatic N) is 2. The molecule has 1 aromatic rings. The van der Waals surface area contributed by atoms with Gasteiger partial charge in [0.25, 0.3) is 0 Å². The van der Waals surface area contributed by atoms with Gasteiger partial charge in [0.15, 0.2) is 0 Å². The van der Waals surface area contributed by atoms with Gasteiger partial charge in [-0.25, -0.2) is 0 Å². The molecule has 0 aromatic carbocycles. The molecule has 4 rings (SSSR count). The maximum Gasteiger partial charge on any atom is 0.306 e. The summed E-state index contributed by atoms with van der Waals surface area (Å²) in [6.07, 6.45) is 8.37. The fraction of sp³-hybridized carbons (Fsp3) is 0.696. The van der Waals surface area contributed by atoms with Crippen molar-refractivity contribution in [3.63, 3.8) is 0 Å². The van der Waals surface area contributed by atoms with Crippen molar-refractivity contribution in [3.05, 3.63) is 29.1 Å². The van der Waals surface area contributed by atoms with Gasteiger partial charge in [-0.3, -0.25) is 14.6 Å². The number of aliphatic carboxylic acids is 1. The molecule has 2 N–H and O–H groups in total. The highest BCUT2D eigenvalue weighted by Gasteiger charge is 2.39. The van der Waals surface area contributed by atoms with E-state index in [0.717, 1.165) is 38.8 Å². The molecular weight excluding hydrogens is 368 g/mol. The highest BCUT2D eigenvalue weighted by atomic mass is 16.4. The van der Waals surface area contributed by atoms with E-state index in [-0.39, 0.29) is 18.2 Å². The second kappa shape index (κ2) is 8.42. The lowest BCUT2D eigenvalue weighted by molar-refractivity contribution is -0.146. The van der Waals surface area contributed by atoms with E-state index in [1.807, 2.05) is 4.90 Å². The van der Waals surface area contributed by atoms with Crippen molar-refractivity contribution in [2.75, 3.05) is 13.1 Å². The van der Waals surface area contributed by atoms with Crippen LogP contribution in [0.1, 0.15) is 80.7 Å². The average molecular weight is 401 g/mol. The van der Waals surface area contributed by atoms with E-state index < -0.39 is 11.6 Å². The van der Waals surface area contributed by atoms with E-state index in [1.165, 1.54) is 29.8 Å². The number of piperidine rings is 1. The Hall–Kier alpha value is -1.95. The smallest absolute Gasteiger partial charge is 0.306 e. The summed E-state index contributed by atoms with van der Waals surface area (Å²) in [6.45, 7) is 1.52. The zero-order chi connectivity index (χ0) is 20.4. The van der Waals surface area contributed by atoms with Crippen molar-refractivity contribution in [2.45, 2.75) is 82.1 Å². The summed E-state index contributed by atoms with van der Waals surface area (Å²) in [6, 6.07) is 4.45. The summed E-state index contributed by atoms with van der Waals surface area (Å²) < 4.78 is 0. The summed E-state index contributed by atoms with van der Waals surface area (Å²) >= 11 is 0. The van der Waals surface area contributed by atoms with E-state index in [2.05, 4.69) is 12.1 Å². The molecule has 1 saturated heterocycles. The molecule has 0 unspecified atom stereocenters. The Morgan fingerprint density at radius 3 is 2.45 bits per heavy atom. The maximum atomic E-state index is 12.9. The van der Waals surface area contributed by atoms with Gasteiger partial charge in [-0.15, -0.1) is 0 Å². The van der Waals surface area contributed by atoms with E-state index in [9.17, 15) is 14.7 Å². The summed E-state index contributed by atoms with van der Waals surface area (Å²) in [5.74, 6) is -0.449. The Kier molecular flexibility index (Phi) is 5.91. The number of aryl methyl sites for hydroxylation is 2. The van der Waals surface area contributed by atoms with Gasteiger partial charge in [0, 0.05) is 36.3 Å². The number of fused-ring (bicyclic) bond motifs is 1. The van der Waals surface area contributed by atoms with Crippen molar-refractivity contribution in [2.24, 2.45) is 5.92 Å². The van der Waals surface area contributed by atoms with Gasteiger partial charge in [0.05, 0.1) is 12.0 Å². The molecule has 2 heterocycles. The van der Waals surface area contributed by atoms with Crippen LogP contribution < -0.4 is 0 Å². The SMILES string of the molecule is O=C(O)CC1(O)CCC(C(=O)N2CCC(c3ccc4c(n3)CCCC4)CC2)CC1. The number of aromatic nitrogens is 1. The van der Waals surface area contributed by atoms with Gasteiger partial charge < -0.3 is 15.1 Å². The third-order valence-electron chi connectivity index (χ3n) is 7.17. The maximum absolute atomic E-state index is 12.9. The second-order valence-corrected chi connectivity index (χ2v) is 9.22. The number of carboxylic acid groups (broad SMARTS) is 1. The molecule has 0 bridgehead atoms. The van der Waals surface area contributed by atoms with Gasteiger partial charge >= 0.3 is 5.97 Å². The third-order valence-corrected chi connectivity index (χ3v) is 7.17. The molecular formula is C23H32N2O4. The highest BCUT2D eigenvalue weighted by molar-refractivity contribution is 5.79. The zero-order valence-electron chi connectivity index (χ0n) is 17.1. The van der Waals surface area contributed by atoms with Gasteiger partial charge in [0.2, 0.25) is 5.91 Å². The van der Waals surface area contributed by atoms with Crippen LogP contribution in [0.15, 0.2) is 12.1 Å². The van der Waals surface area contributed by atoms with E-state index in [4.69, 9.17) is 10.1 Å². The van der Waals surface area contributed by atoms with Gasteiger partial charge in [-0.2, -0.15) is 0 Å². The van der Waals surface area contributed by atoms with Crippen molar-refractivity contribution < 1.29 is 19.8 Å². The topological polar surface area (TPSA) is 90.7 Å². The van der Waals surface area contributed by atoms with Crippen molar-refractivity contribution in [1.82, 2.24) is 9.88 Å². The minimum atomic E-state index is -1.15. The Bertz CT molecular complexity index is 762. The largest absolute Gasteiger partial charge is 0.481 e. The number of rotatable bonds is 4. The van der Waals surface area contributed by atoms with E-state index >= 15 is 0 Å². The Labute approximate surface area is 172 Å². The van der Waals surface area contributed by atoms with Crippen LogP contribution in [0.2, 0.25) is 0 Å². The summed E-state index contributed by atoms with van der Waals surface area (Å²) in [5.41, 5.74) is 2.73. The molecule has 2 fully saturated rings. The molecule has 0 radical (unpaired) electrons. The van der Waals surface area contributed by atoms with Gasteiger partial charge in [0.1, 0.15) is 0 Å². The molecule has 2 aliphatic carbocycles. The lowest BCUT2D eigenvalue weighted by atomic mass is 9.76. The van der Waals surface area contributed by atoms with Crippen molar-refractivity contribution in [3.8, 4) is 0 Å². The van der Waals surface area contributed by atoms with Crippen molar-refractivity contribution >= 4 is 11.9 Å². The fourth-order valence-corrected chi connectivity index (χ4v) is 5.34. The molecule has 3 aliphatic rings. The fourth-order valence-electron chi connectivity index (χ4n) is 5.34. The van der Waals surface area contributed by atoms with E-state index in [1.54, 1.807) is 0 Å². The Morgan fingerprint density at radius 2 is 1.76 bits per heavy atom.